The molecule has 0 aliphatic heterocycles. The Morgan fingerprint density at radius 3 is 2.53 bits per heavy atom. The first kappa shape index (κ1) is 13.1. The van der Waals surface area contributed by atoms with E-state index in [1.54, 1.807) is 42.5 Å². The van der Waals surface area contributed by atoms with Gasteiger partial charge in [-0.15, -0.1) is 0 Å². The maximum absolute atomic E-state index is 11.8. The van der Waals surface area contributed by atoms with Crippen molar-refractivity contribution >= 4 is 26.9 Å². The van der Waals surface area contributed by atoms with E-state index in [9.17, 15) is 13.2 Å². The highest BCUT2D eigenvalue weighted by Crippen LogP contribution is 2.05. The first-order valence-corrected chi connectivity index (χ1v) is 6.68. The third kappa shape index (κ3) is 3.56. The number of nitrogens with one attached hydrogen (secondary N) is 2. The van der Waals surface area contributed by atoms with Gasteiger partial charge in [0.15, 0.2) is 0 Å². The van der Waals surface area contributed by atoms with Gasteiger partial charge in [0.25, 0.3) is 0 Å². The number of urea groups is 1. The van der Waals surface area contributed by atoms with Crippen LogP contribution in [-0.4, -0.2) is 25.4 Å². The van der Waals surface area contributed by atoms with Gasteiger partial charge < -0.3 is 10.6 Å². The molecule has 0 saturated carbocycles. The molecule has 0 spiro atoms. The lowest BCUT2D eigenvalue weighted by Gasteiger charge is -2.16. The molecule has 0 fully saturated rings. The summed E-state index contributed by atoms with van der Waals surface area (Å²) in [4.78, 5) is 11.9. The van der Waals surface area contributed by atoms with Crippen molar-refractivity contribution in [2.45, 2.75) is 6.04 Å². The number of anilines is 1. The molecule has 0 bridgehead atoms. The zero-order valence-corrected chi connectivity index (χ0v) is 10.7. The van der Waals surface area contributed by atoms with Crippen LogP contribution >= 0.6 is 0 Å². The molecule has 98 valence electrons. The Morgan fingerprint density at radius 1 is 1.11 bits per heavy atom. The molecule has 2 N–H and O–H groups in total. The Labute approximate surface area is 112 Å². The molecule has 0 radical (unpaired) electrons. The number of carbonyl (C=O) groups excluding carboxylic acids is 1. The van der Waals surface area contributed by atoms with E-state index in [0.717, 1.165) is 0 Å². The van der Waals surface area contributed by atoms with Gasteiger partial charge in [-0.05, 0) is 18.2 Å². The Balaban J connectivity index is 2.05. The number of hydrogen-bond donors (Lipinski definition) is 2. The second-order valence-electron chi connectivity index (χ2n) is 3.82. The summed E-state index contributed by atoms with van der Waals surface area (Å²) in [5.74, 6) is 0. The average Bonchev–Trinajstić information content (AvgIpc) is 2.40. The third-order valence-corrected chi connectivity index (χ3v) is 3.27. The van der Waals surface area contributed by atoms with Crippen molar-refractivity contribution in [3.63, 3.8) is 0 Å². The summed E-state index contributed by atoms with van der Waals surface area (Å²) in [6.07, 6.45) is 6.36. The maximum Gasteiger partial charge on any atom is 0.319 e. The van der Waals surface area contributed by atoms with Crippen LogP contribution in [0.2, 0.25) is 0 Å². The van der Waals surface area contributed by atoms with Gasteiger partial charge in [0.1, 0.15) is 0 Å². The number of carbonyl (C=O) groups is 1. The highest BCUT2D eigenvalue weighted by Gasteiger charge is 2.16. The molecule has 19 heavy (non-hydrogen) atoms. The Bertz CT molecular complexity index is 652. The quantitative estimate of drug-likeness (QED) is 0.801. The maximum atomic E-state index is 11.8. The van der Waals surface area contributed by atoms with E-state index in [-0.39, 0.29) is 4.86 Å². The normalized spacial score (nSPS) is 17.1. The topological polar surface area (TPSA) is 75.3 Å². The van der Waals surface area contributed by atoms with E-state index in [1.165, 1.54) is 6.08 Å². The molecule has 2 rings (SSSR count). The molecule has 1 unspecified atom stereocenters. The van der Waals surface area contributed by atoms with Crippen LogP contribution in [0.4, 0.5) is 10.5 Å². The molecule has 1 aliphatic rings. The lowest BCUT2D eigenvalue weighted by Crippen LogP contribution is -2.42. The summed E-state index contributed by atoms with van der Waals surface area (Å²) in [6, 6.07) is 7.81. The van der Waals surface area contributed by atoms with Crippen LogP contribution < -0.4 is 10.6 Å². The SMILES string of the molecule is O=C(Nc1ccccc1)NC1C=CC=CC1=S(=O)=O. The number of rotatable bonds is 2. The first-order chi connectivity index (χ1) is 9.16. The van der Waals surface area contributed by atoms with Crippen molar-refractivity contribution in [3.8, 4) is 0 Å². The second-order valence-corrected chi connectivity index (χ2v) is 4.76. The number of allylic oxidation sites excluding steroid dienone is 2. The first-order valence-electron chi connectivity index (χ1n) is 5.60. The molecule has 5 nitrogen and oxygen atoms in total. The van der Waals surface area contributed by atoms with E-state index in [4.69, 9.17) is 0 Å². The van der Waals surface area contributed by atoms with Gasteiger partial charge in [-0.2, -0.15) is 8.42 Å². The third-order valence-electron chi connectivity index (χ3n) is 2.49. The molecule has 1 atom stereocenters. The lowest BCUT2D eigenvalue weighted by molar-refractivity contribution is 0.252. The van der Waals surface area contributed by atoms with Crippen LogP contribution in [0, 0.1) is 0 Å². The van der Waals surface area contributed by atoms with Crippen molar-refractivity contribution in [3.05, 3.63) is 54.6 Å². The minimum atomic E-state index is -2.36. The summed E-state index contributed by atoms with van der Waals surface area (Å²) in [5, 5.41) is 5.21. The highest BCUT2D eigenvalue weighted by molar-refractivity contribution is 7.73. The molecular formula is C13H12N2O3S. The summed E-state index contributed by atoms with van der Waals surface area (Å²) in [6.45, 7) is 0. The van der Waals surface area contributed by atoms with E-state index in [1.807, 2.05) is 6.07 Å². The largest absolute Gasteiger partial charge is 0.327 e. The van der Waals surface area contributed by atoms with Crippen LogP contribution in [0.3, 0.4) is 0 Å². The van der Waals surface area contributed by atoms with Gasteiger partial charge in [0.05, 0.1) is 10.9 Å². The summed E-state index contributed by atoms with van der Waals surface area (Å²) >= 11 is 0. The smallest absolute Gasteiger partial charge is 0.319 e. The molecule has 1 aromatic carbocycles. The van der Waals surface area contributed by atoms with Crippen LogP contribution in [0.5, 0.6) is 0 Å². The van der Waals surface area contributed by atoms with Crippen molar-refractivity contribution in [1.82, 2.24) is 5.32 Å². The van der Waals surface area contributed by atoms with Gasteiger partial charge in [0, 0.05) is 5.69 Å². The van der Waals surface area contributed by atoms with Gasteiger partial charge in [-0.1, -0.05) is 36.4 Å². The van der Waals surface area contributed by atoms with E-state index >= 15 is 0 Å². The van der Waals surface area contributed by atoms with Crippen LogP contribution in [0.25, 0.3) is 0 Å². The predicted molar refractivity (Wildman–Crippen MR) is 74.6 cm³/mol. The van der Waals surface area contributed by atoms with Crippen LogP contribution in [0.1, 0.15) is 0 Å². The van der Waals surface area contributed by atoms with Crippen molar-refractivity contribution in [2.24, 2.45) is 0 Å². The standard InChI is InChI=1S/C13H12N2O3S/c16-13(14-10-6-2-1-3-7-10)15-11-8-4-5-9-12(11)19(17)18/h1-9,11H,(H2,14,15,16). The van der Waals surface area contributed by atoms with Gasteiger partial charge in [-0.3, -0.25) is 0 Å². The van der Waals surface area contributed by atoms with Crippen LogP contribution in [0.15, 0.2) is 54.6 Å². The fourth-order valence-electron chi connectivity index (χ4n) is 1.63. The zero-order valence-electron chi connectivity index (χ0n) is 9.91. The molecule has 1 aromatic rings. The van der Waals surface area contributed by atoms with E-state index in [2.05, 4.69) is 10.6 Å². The molecule has 0 heterocycles. The van der Waals surface area contributed by atoms with E-state index in [0.29, 0.717) is 5.69 Å². The van der Waals surface area contributed by atoms with E-state index < -0.39 is 22.4 Å². The second kappa shape index (κ2) is 6.01. The molecule has 2 amide bonds. The predicted octanol–water partition coefficient (Wildman–Crippen LogP) is 1.35. The highest BCUT2D eigenvalue weighted by atomic mass is 32.2. The zero-order chi connectivity index (χ0) is 13.7. The minimum absolute atomic E-state index is 0.130. The summed E-state index contributed by atoms with van der Waals surface area (Å²) in [5.41, 5.74) is 0.639. The monoisotopic (exact) mass is 276 g/mol. The Morgan fingerprint density at radius 2 is 1.84 bits per heavy atom. The summed E-state index contributed by atoms with van der Waals surface area (Å²) in [7, 11) is -2.36. The molecule has 1 aliphatic carbocycles. The van der Waals surface area contributed by atoms with Gasteiger partial charge in [-0.25, -0.2) is 4.79 Å². The number of para-hydroxylation sites is 1. The fourth-order valence-corrected chi connectivity index (χ4v) is 2.17. The van der Waals surface area contributed by atoms with Crippen LogP contribution in [-0.2, 0) is 10.3 Å². The molecule has 6 heteroatoms. The molecule has 0 aromatic heterocycles. The van der Waals surface area contributed by atoms with Crippen molar-refractivity contribution < 1.29 is 13.2 Å². The van der Waals surface area contributed by atoms with Crippen molar-refractivity contribution in [1.29, 1.82) is 0 Å². The number of amides is 2. The Hall–Kier alpha value is -2.34. The van der Waals surface area contributed by atoms with Gasteiger partial charge >= 0.3 is 6.03 Å². The number of benzene rings is 1. The minimum Gasteiger partial charge on any atom is -0.327 e. The average molecular weight is 276 g/mol. The molecule has 0 saturated heterocycles. The van der Waals surface area contributed by atoms with Gasteiger partial charge in [0.2, 0.25) is 10.3 Å². The number of hydrogen-bond acceptors (Lipinski definition) is 3. The summed E-state index contributed by atoms with van der Waals surface area (Å²) < 4.78 is 22.0. The van der Waals surface area contributed by atoms with Crippen molar-refractivity contribution in [2.75, 3.05) is 5.32 Å². The molecular weight excluding hydrogens is 264 g/mol. The fraction of sp³-hybridized carbons (Fsp3) is 0.0769. The lowest BCUT2D eigenvalue weighted by atomic mass is 10.1. The Kier molecular flexibility index (Phi) is 4.15.